The normalized spacial score (nSPS) is 28.3. The van der Waals surface area contributed by atoms with Crippen molar-refractivity contribution in [3.05, 3.63) is 29.8 Å². The van der Waals surface area contributed by atoms with Gasteiger partial charge in [-0.15, -0.1) is 0 Å². The van der Waals surface area contributed by atoms with Gasteiger partial charge in [-0.05, 0) is 41.9 Å². The summed E-state index contributed by atoms with van der Waals surface area (Å²) in [4.78, 5) is 0.318. The Morgan fingerprint density at radius 1 is 1.10 bits per heavy atom. The molecule has 1 N–H and O–H groups in total. The van der Waals surface area contributed by atoms with E-state index in [2.05, 4.69) is 0 Å². The van der Waals surface area contributed by atoms with E-state index < -0.39 is 15.9 Å². The summed E-state index contributed by atoms with van der Waals surface area (Å²) in [6, 6.07) is 6.73. The fourth-order valence-electron chi connectivity index (χ4n) is 3.86. The number of rotatable bonds is 4. The third-order valence-electron chi connectivity index (χ3n) is 5.20. The van der Waals surface area contributed by atoms with Crippen molar-refractivity contribution in [3.8, 4) is 0 Å². The van der Waals surface area contributed by atoms with Crippen molar-refractivity contribution in [1.82, 2.24) is 0 Å². The van der Waals surface area contributed by atoms with E-state index in [1.807, 2.05) is 0 Å². The number of hydrogen-bond donors (Lipinski definition) is 1. The lowest BCUT2D eigenvalue weighted by molar-refractivity contribution is 0.137. The zero-order valence-electron chi connectivity index (χ0n) is 12.5. The number of benzene rings is 1. The smallest absolute Gasteiger partial charge is 0.175 e. The Labute approximate surface area is 127 Å². The van der Waals surface area contributed by atoms with Crippen LogP contribution in [0.4, 0.5) is 0 Å². The van der Waals surface area contributed by atoms with Crippen molar-refractivity contribution < 1.29 is 13.5 Å². The van der Waals surface area contributed by atoms with Gasteiger partial charge in [0.2, 0.25) is 0 Å². The minimum atomic E-state index is -3.16. The second-order valence-electron chi connectivity index (χ2n) is 6.75. The van der Waals surface area contributed by atoms with Crippen LogP contribution in [0.1, 0.15) is 50.2 Å². The molecule has 2 fully saturated rings. The van der Waals surface area contributed by atoms with E-state index in [-0.39, 0.29) is 0 Å². The number of sulfone groups is 1. The second-order valence-corrected chi connectivity index (χ2v) is 8.76. The molecule has 0 saturated heterocycles. The Hall–Kier alpha value is -0.870. The quantitative estimate of drug-likeness (QED) is 0.928. The standard InChI is InChI=1S/C17H24O3S/c1-21(19,20)14-9-7-13(8-10-14)17(18)16-11-15(16)12-5-3-2-4-6-12/h7-10,12,15-18H,2-6,11H2,1H3. The van der Waals surface area contributed by atoms with Gasteiger partial charge in [-0.1, -0.05) is 44.2 Å². The largest absolute Gasteiger partial charge is 0.388 e. The Morgan fingerprint density at radius 2 is 1.71 bits per heavy atom. The van der Waals surface area contributed by atoms with Crippen molar-refractivity contribution in [3.63, 3.8) is 0 Å². The fourth-order valence-corrected chi connectivity index (χ4v) is 4.49. The van der Waals surface area contributed by atoms with E-state index in [1.54, 1.807) is 24.3 Å². The van der Waals surface area contributed by atoms with E-state index in [0.29, 0.717) is 16.7 Å². The Morgan fingerprint density at radius 3 is 2.29 bits per heavy atom. The monoisotopic (exact) mass is 308 g/mol. The molecule has 3 atom stereocenters. The van der Waals surface area contributed by atoms with Gasteiger partial charge in [0.25, 0.3) is 0 Å². The van der Waals surface area contributed by atoms with Crippen LogP contribution in [0.25, 0.3) is 0 Å². The maximum absolute atomic E-state index is 11.5. The van der Waals surface area contributed by atoms with Crippen LogP contribution in [-0.4, -0.2) is 19.8 Å². The van der Waals surface area contributed by atoms with Crippen LogP contribution in [0.2, 0.25) is 0 Å². The first-order chi connectivity index (χ1) is 9.97. The average molecular weight is 308 g/mol. The van der Waals surface area contributed by atoms with Crippen LogP contribution in [0.15, 0.2) is 29.2 Å². The molecule has 1 aromatic rings. The Bertz CT molecular complexity index is 585. The minimum Gasteiger partial charge on any atom is -0.388 e. The van der Waals surface area contributed by atoms with E-state index in [4.69, 9.17) is 0 Å². The number of aliphatic hydroxyl groups excluding tert-OH is 1. The highest BCUT2D eigenvalue weighted by atomic mass is 32.2. The predicted octanol–water partition coefficient (Wildman–Crippen LogP) is 3.34. The second kappa shape index (κ2) is 5.73. The highest BCUT2D eigenvalue weighted by molar-refractivity contribution is 7.90. The average Bonchev–Trinajstić information content (AvgIpc) is 3.27. The van der Waals surface area contributed by atoms with Crippen LogP contribution < -0.4 is 0 Å². The molecule has 0 bridgehead atoms. The van der Waals surface area contributed by atoms with Crippen molar-refractivity contribution >= 4 is 9.84 Å². The third-order valence-corrected chi connectivity index (χ3v) is 6.33. The molecule has 1 aromatic carbocycles. The topological polar surface area (TPSA) is 54.4 Å². The van der Waals surface area contributed by atoms with Gasteiger partial charge in [0.15, 0.2) is 9.84 Å². The first-order valence-corrected chi connectivity index (χ1v) is 9.84. The molecule has 0 radical (unpaired) electrons. The van der Waals surface area contributed by atoms with Gasteiger partial charge in [-0.25, -0.2) is 8.42 Å². The first-order valence-electron chi connectivity index (χ1n) is 7.95. The van der Waals surface area contributed by atoms with Gasteiger partial charge in [0, 0.05) is 6.26 Å². The van der Waals surface area contributed by atoms with E-state index in [9.17, 15) is 13.5 Å². The summed E-state index contributed by atoms with van der Waals surface area (Å²) in [5.41, 5.74) is 0.853. The summed E-state index contributed by atoms with van der Waals surface area (Å²) < 4.78 is 22.9. The summed E-state index contributed by atoms with van der Waals surface area (Å²) in [6.45, 7) is 0. The van der Waals surface area contributed by atoms with Gasteiger partial charge in [-0.2, -0.15) is 0 Å². The van der Waals surface area contributed by atoms with Crippen molar-refractivity contribution in [2.45, 2.75) is 49.5 Å². The molecule has 21 heavy (non-hydrogen) atoms. The molecule has 0 heterocycles. The zero-order valence-corrected chi connectivity index (χ0v) is 13.3. The molecule has 0 spiro atoms. The van der Waals surface area contributed by atoms with Crippen molar-refractivity contribution in [2.24, 2.45) is 17.8 Å². The highest BCUT2D eigenvalue weighted by Gasteiger charge is 2.47. The summed E-state index contributed by atoms with van der Waals surface area (Å²) in [5, 5.41) is 10.5. The van der Waals surface area contributed by atoms with E-state index >= 15 is 0 Å². The van der Waals surface area contributed by atoms with E-state index in [0.717, 1.165) is 17.9 Å². The lowest BCUT2D eigenvalue weighted by Gasteiger charge is -2.22. The minimum absolute atomic E-state index is 0.318. The van der Waals surface area contributed by atoms with Crippen molar-refractivity contribution in [1.29, 1.82) is 0 Å². The fraction of sp³-hybridized carbons (Fsp3) is 0.647. The molecule has 0 aliphatic heterocycles. The third kappa shape index (κ3) is 3.32. The molecular formula is C17H24O3S. The van der Waals surface area contributed by atoms with Crippen LogP contribution in [0.3, 0.4) is 0 Å². The maximum atomic E-state index is 11.5. The lowest BCUT2D eigenvalue weighted by Crippen LogP contribution is -2.12. The molecule has 2 saturated carbocycles. The van der Waals surface area contributed by atoms with Crippen LogP contribution in [0, 0.1) is 17.8 Å². The van der Waals surface area contributed by atoms with Gasteiger partial charge in [0.1, 0.15) is 0 Å². The molecule has 2 aliphatic carbocycles. The maximum Gasteiger partial charge on any atom is 0.175 e. The summed E-state index contributed by atoms with van der Waals surface area (Å²) in [5.74, 6) is 1.85. The lowest BCUT2D eigenvalue weighted by atomic mass is 9.84. The highest BCUT2D eigenvalue weighted by Crippen LogP contribution is 2.54. The number of hydrogen-bond acceptors (Lipinski definition) is 3. The molecule has 0 aromatic heterocycles. The molecule has 3 unspecified atom stereocenters. The first kappa shape index (κ1) is 15.0. The summed E-state index contributed by atoms with van der Waals surface area (Å²) in [7, 11) is -3.16. The Balaban J connectivity index is 1.65. The van der Waals surface area contributed by atoms with Gasteiger partial charge in [0.05, 0.1) is 11.0 Å². The molecule has 3 nitrogen and oxygen atoms in total. The molecule has 2 aliphatic rings. The van der Waals surface area contributed by atoms with Crippen LogP contribution in [0.5, 0.6) is 0 Å². The molecular weight excluding hydrogens is 284 g/mol. The SMILES string of the molecule is CS(=O)(=O)c1ccc(C(O)C2CC2C2CCCCC2)cc1. The van der Waals surface area contributed by atoms with Gasteiger partial charge in [-0.3, -0.25) is 0 Å². The van der Waals surface area contributed by atoms with Gasteiger partial charge >= 0.3 is 0 Å². The van der Waals surface area contributed by atoms with Crippen molar-refractivity contribution in [2.75, 3.05) is 6.26 Å². The molecule has 4 heteroatoms. The Kier molecular flexibility index (Phi) is 4.10. The van der Waals surface area contributed by atoms with E-state index in [1.165, 1.54) is 38.4 Å². The van der Waals surface area contributed by atoms with Crippen LogP contribution >= 0.6 is 0 Å². The van der Waals surface area contributed by atoms with Crippen LogP contribution in [-0.2, 0) is 9.84 Å². The molecule has 0 amide bonds. The number of aliphatic hydroxyl groups is 1. The molecule has 3 rings (SSSR count). The molecule has 116 valence electrons. The van der Waals surface area contributed by atoms with Gasteiger partial charge < -0.3 is 5.11 Å². The summed E-state index contributed by atoms with van der Waals surface area (Å²) in [6.07, 6.45) is 8.58. The predicted molar refractivity (Wildman–Crippen MR) is 82.7 cm³/mol. The summed E-state index contributed by atoms with van der Waals surface area (Å²) >= 11 is 0. The zero-order chi connectivity index (χ0) is 15.0.